The van der Waals surface area contributed by atoms with Crippen LogP contribution < -0.4 is 14.4 Å². The molecule has 3 aromatic carbocycles. The van der Waals surface area contributed by atoms with Gasteiger partial charge in [-0.3, -0.25) is 4.79 Å². The van der Waals surface area contributed by atoms with Crippen LogP contribution in [0.15, 0.2) is 67.0 Å². The van der Waals surface area contributed by atoms with Crippen LogP contribution in [0.25, 0.3) is 11.1 Å². The molecule has 0 amide bonds. The minimum absolute atomic E-state index is 0.0542. The summed E-state index contributed by atoms with van der Waals surface area (Å²) in [5.41, 5.74) is 2.73. The Bertz CT molecular complexity index is 1780. The normalized spacial score (nSPS) is 11.7. The second-order valence-corrected chi connectivity index (χ2v) is 12.4. The van der Waals surface area contributed by atoms with Crippen LogP contribution in [-0.4, -0.2) is 34.8 Å². The first-order valence-corrected chi connectivity index (χ1v) is 14.9. The van der Waals surface area contributed by atoms with Crippen molar-refractivity contribution in [1.82, 2.24) is 9.97 Å². The maximum Gasteiger partial charge on any atom is 0.416 e. The lowest BCUT2D eigenvalue weighted by Gasteiger charge is -2.26. The van der Waals surface area contributed by atoms with E-state index >= 15 is 0 Å². The number of aromatic nitrogens is 2. The van der Waals surface area contributed by atoms with Gasteiger partial charge >= 0.3 is 12.1 Å². The van der Waals surface area contributed by atoms with Gasteiger partial charge < -0.3 is 19.5 Å². The van der Waals surface area contributed by atoms with Crippen LogP contribution in [0.2, 0.25) is 0 Å². The summed E-state index contributed by atoms with van der Waals surface area (Å²) in [7, 11) is 1.60. The molecule has 8 nitrogen and oxygen atoms in total. The van der Waals surface area contributed by atoms with E-state index in [9.17, 15) is 28.3 Å². The quantitative estimate of drug-likeness (QED) is 0.164. The van der Waals surface area contributed by atoms with Gasteiger partial charge in [-0.2, -0.15) is 18.4 Å². The number of nitrogens with zero attached hydrogens (tertiary/aromatic N) is 4. The summed E-state index contributed by atoms with van der Waals surface area (Å²) in [5, 5.41) is 18.9. The predicted molar refractivity (Wildman–Crippen MR) is 172 cm³/mol. The Morgan fingerprint density at radius 2 is 1.70 bits per heavy atom. The Balaban J connectivity index is 1.80. The molecule has 1 aromatic heterocycles. The SMILES string of the molecule is COc1ccc(C(C)C)cc1-c1ccc(C)cc1CN(Cc1cc(C#N)cc(C(F)(F)F)c1)c1ncc(OCC(C)(C)C(=O)O)cn1. The number of carbonyl (C=O) groups is 1. The van der Waals surface area contributed by atoms with Crippen LogP contribution in [-0.2, 0) is 24.1 Å². The van der Waals surface area contributed by atoms with Gasteiger partial charge in [-0.1, -0.05) is 43.7 Å². The van der Waals surface area contributed by atoms with E-state index < -0.39 is 23.1 Å². The van der Waals surface area contributed by atoms with E-state index in [0.29, 0.717) is 5.75 Å². The van der Waals surface area contributed by atoms with Crippen LogP contribution in [0.1, 0.15) is 67.0 Å². The highest BCUT2D eigenvalue weighted by Gasteiger charge is 2.32. The molecule has 0 aliphatic rings. The monoisotopic (exact) mass is 646 g/mol. The third-order valence-corrected chi connectivity index (χ3v) is 7.70. The Morgan fingerprint density at radius 3 is 2.30 bits per heavy atom. The first-order valence-electron chi connectivity index (χ1n) is 14.9. The van der Waals surface area contributed by atoms with Crippen molar-refractivity contribution in [2.45, 2.75) is 59.8 Å². The summed E-state index contributed by atoms with van der Waals surface area (Å²) in [5.74, 6) is 0.338. The smallest absolute Gasteiger partial charge is 0.416 e. The number of rotatable bonds is 12. The molecule has 4 rings (SSSR count). The van der Waals surface area contributed by atoms with Crippen molar-refractivity contribution in [1.29, 1.82) is 5.26 Å². The van der Waals surface area contributed by atoms with Gasteiger partial charge in [-0.25, -0.2) is 9.97 Å². The summed E-state index contributed by atoms with van der Waals surface area (Å²) < 4.78 is 52.7. The van der Waals surface area contributed by atoms with E-state index in [1.807, 2.05) is 43.3 Å². The number of methoxy groups -OCH3 is 1. The van der Waals surface area contributed by atoms with Crippen molar-refractivity contribution in [3.05, 3.63) is 100 Å². The summed E-state index contributed by atoms with van der Waals surface area (Å²) >= 11 is 0. The fourth-order valence-corrected chi connectivity index (χ4v) is 4.92. The summed E-state index contributed by atoms with van der Waals surface area (Å²) in [6.45, 7) is 9.22. The van der Waals surface area contributed by atoms with Crippen LogP contribution in [0.4, 0.5) is 19.1 Å². The number of nitriles is 1. The van der Waals surface area contributed by atoms with Gasteiger partial charge in [0, 0.05) is 18.7 Å². The molecule has 0 spiro atoms. The lowest BCUT2D eigenvalue weighted by molar-refractivity contribution is -0.148. The summed E-state index contributed by atoms with van der Waals surface area (Å²) in [6.07, 6.45) is -1.86. The number of alkyl halides is 3. The molecule has 1 heterocycles. The molecule has 47 heavy (non-hydrogen) atoms. The number of halogens is 3. The van der Waals surface area contributed by atoms with Gasteiger partial charge in [0.05, 0.1) is 42.1 Å². The van der Waals surface area contributed by atoms with Crippen molar-refractivity contribution < 1.29 is 32.5 Å². The standard InChI is InChI=1S/C36H37F3N4O4/c1-22(2)26-8-10-32(46-6)31(15-26)30-9-7-23(3)11-27(30)20-43(19-25-12-24(16-40)13-28(14-25)36(37,38)39)34-41-17-29(18-42-34)47-21-35(4,5)33(44)45/h7-15,17-18,22H,19-21H2,1-6H3,(H,44,45). The molecule has 0 unspecified atom stereocenters. The van der Waals surface area contributed by atoms with Crippen molar-refractivity contribution in [2.24, 2.45) is 5.41 Å². The minimum Gasteiger partial charge on any atom is -0.496 e. The lowest BCUT2D eigenvalue weighted by atomic mass is 9.92. The Kier molecular flexibility index (Phi) is 10.4. The number of carboxylic acid groups (broad SMARTS) is 1. The van der Waals surface area contributed by atoms with E-state index in [0.717, 1.165) is 39.9 Å². The highest BCUT2D eigenvalue weighted by Crippen LogP contribution is 2.37. The second-order valence-electron chi connectivity index (χ2n) is 12.4. The van der Waals surface area contributed by atoms with Crippen molar-refractivity contribution >= 4 is 11.9 Å². The maximum absolute atomic E-state index is 13.8. The summed E-state index contributed by atoms with van der Waals surface area (Å²) in [4.78, 5) is 22.1. The molecule has 0 aliphatic heterocycles. The van der Waals surface area contributed by atoms with Crippen LogP contribution in [0.5, 0.6) is 11.5 Å². The second kappa shape index (κ2) is 14.1. The molecule has 0 radical (unpaired) electrons. The highest BCUT2D eigenvalue weighted by molar-refractivity contribution is 5.75. The molecule has 4 aromatic rings. The van der Waals surface area contributed by atoms with Crippen molar-refractivity contribution in [3.8, 4) is 28.7 Å². The number of benzene rings is 3. The van der Waals surface area contributed by atoms with Crippen LogP contribution in [0, 0.1) is 23.7 Å². The van der Waals surface area contributed by atoms with Crippen molar-refractivity contribution in [2.75, 3.05) is 18.6 Å². The number of aliphatic carboxylic acids is 1. The van der Waals surface area contributed by atoms with Crippen molar-refractivity contribution in [3.63, 3.8) is 0 Å². The first-order chi connectivity index (χ1) is 22.1. The zero-order valence-corrected chi connectivity index (χ0v) is 27.1. The van der Waals surface area contributed by atoms with Gasteiger partial charge in [-0.05, 0) is 79.3 Å². The fourth-order valence-electron chi connectivity index (χ4n) is 4.92. The van der Waals surface area contributed by atoms with E-state index in [1.165, 1.54) is 32.3 Å². The van der Waals surface area contributed by atoms with E-state index in [-0.39, 0.29) is 48.4 Å². The minimum atomic E-state index is -4.65. The third kappa shape index (κ3) is 8.58. The molecule has 1 N–H and O–H groups in total. The number of ether oxygens (including phenoxy) is 2. The lowest BCUT2D eigenvalue weighted by Crippen LogP contribution is -2.30. The molecule has 0 saturated heterocycles. The maximum atomic E-state index is 13.8. The van der Waals surface area contributed by atoms with E-state index in [4.69, 9.17) is 9.47 Å². The Hall–Kier alpha value is -5.11. The van der Waals surface area contributed by atoms with Crippen LogP contribution >= 0.6 is 0 Å². The molecular weight excluding hydrogens is 609 g/mol. The van der Waals surface area contributed by atoms with E-state index in [2.05, 4.69) is 29.9 Å². The van der Waals surface area contributed by atoms with Gasteiger partial charge in [0.2, 0.25) is 5.95 Å². The van der Waals surface area contributed by atoms with Gasteiger partial charge in [-0.15, -0.1) is 0 Å². The number of hydrogen-bond donors (Lipinski definition) is 1. The summed E-state index contributed by atoms with van der Waals surface area (Å²) in [6, 6.07) is 17.1. The number of carboxylic acids is 1. The molecule has 0 atom stereocenters. The number of anilines is 1. The highest BCUT2D eigenvalue weighted by atomic mass is 19.4. The average Bonchev–Trinajstić information content (AvgIpc) is 3.03. The zero-order chi connectivity index (χ0) is 34.5. The predicted octanol–water partition coefficient (Wildman–Crippen LogP) is 8.17. The molecule has 11 heteroatoms. The molecule has 0 bridgehead atoms. The molecule has 246 valence electrons. The van der Waals surface area contributed by atoms with Crippen LogP contribution in [0.3, 0.4) is 0 Å². The average molecular weight is 647 g/mol. The molecule has 0 saturated carbocycles. The fraction of sp³-hybridized carbons (Fsp3) is 0.333. The molecule has 0 fully saturated rings. The number of aryl methyl sites for hydroxylation is 1. The molecule has 0 aliphatic carbocycles. The largest absolute Gasteiger partial charge is 0.496 e. The van der Waals surface area contributed by atoms with Gasteiger partial charge in [0.15, 0.2) is 5.75 Å². The van der Waals surface area contributed by atoms with E-state index in [1.54, 1.807) is 12.0 Å². The number of hydrogen-bond acceptors (Lipinski definition) is 7. The van der Waals surface area contributed by atoms with Gasteiger partial charge in [0.1, 0.15) is 12.4 Å². The Morgan fingerprint density at radius 1 is 1.00 bits per heavy atom. The first kappa shape index (κ1) is 34.8. The Labute approximate surface area is 272 Å². The molecular formula is C36H37F3N4O4. The topological polar surface area (TPSA) is 109 Å². The third-order valence-electron chi connectivity index (χ3n) is 7.70. The zero-order valence-electron chi connectivity index (χ0n) is 27.1. The van der Waals surface area contributed by atoms with Gasteiger partial charge in [0.25, 0.3) is 0 Å².